The Morgan fingerprint density at radius 1 is 0.577 bits per heavy atom. The molecule has 0 aliphatic heterocycles. The minimum Gasteiger partial charge on any atom is -0.478 e. The van der Waals surface area contributed by atoms with Crippen molar-refractivity contribution in [3.63, 3.8) is 0 Å². The lowest BCUT2D eigenvalue weighted by molar-refractivity contribution is -0.133. The molecule has 4 aromatic carbocycles. The largest absolute Gasteiger partial charge is 0.478 e. The van der Waals surface area contributed by atoms with Gasteiger partial charge in [-0.3, -0.25) is 9.59 Å². The molecule has 52 heavy (non-hydrogen) atoms. The Bertz CT molecular complexity index is 1960. The number of benzene rings is 4. The van der Waals surface area contributed by atoms with Gasteiger partial charge in [0.1, 0.15) is 5.75 Å². The van der Waals surface area contributed by atoms with Crippen LogP contribution in [-0.2, 0) is 28.8 Å². The van der Waals surface area contributed by atoms with Crippen molar-refractivity contribution in [2.24, 2.45) is 0 Å². The molecular weight excluding hydrogens is 674 g/mol. The molecule has 15 nitrogen and oxygen atoms in total. The third-order valence-electron chi connectivity index (χ3n) is 6.09. The van der Waals surface area contributed by atoms with Gasteiger partial charge in [0, 0.05) is 58.3 Å². The van der Waals surface area contributed by atoms with Crippen LogP contribution in [0.4, 0.5) is 28.4 Å². The third-order valence-corrected chi connectivity index (χ3v) is 6.09. The fourth-order valence-electron chi connectivity index (χ4n) is 3.59. The highest BCUT2D eigenvalue weighted by Gasteiger charge is 2.12. The molecule has 0 atom stereocenters. The predicted molar refractivity (Wildman–Crippen MR) is 196 cm³/mol. The molecule has 0 aliphatic carbocycles. The molecule has 0 unspecified atom stereocenters. The van der Waals surface area contributed by atoms with Crippen LogP contribution in [-0.4, -0.2) is 51.0 Å². The summed E-state index contributed by atoms with van der Waals surface area (Å²) in [5.41, 5.74) is 19.7. The minimum absolute atomic E-state index is 0.0204. The zero-order chi connectivity index (χ0) is 38.6. The number of hydrogen-bond acceptors (Lipinski definition) is 10. The Balaban J connectivity index is 0.000000276. The van der Waals surface area contributed by atoms with Crippen molar-refractivity contribution in [3.05, 3.63) is 139 Å². The molecule has 4 aromatic rings. The van der Waals surface area contributed by atoms with Gasteiger partial charge in [0.2, 0.25) is 11.8 Å². The molecule has 15 heteroatoms. The molecule has 0 fully saturated rings. The lowest BCUT2D eigenvalue weighted by Gasteiger charge is -2.05. The van der Waals surface area contributed by atoms with E-state index in [-0.39, 0.29) is 11.1 Å². The number of aliphatic carboxylic acids is 3. The van der Waals surface area contributed by atoms with Crippen molar-refractivity contribution < 1.29 is 48.8 Å². The van der Waals surface area contributed by atoms with Gasteiger partial charge in [0.15, 0.2) is 0 Å². The summed E-state index contributed by atoms with van der Waals surface area (Å²) in [6.07, 6.45) is 3.63. The maximum Gasteiger partial charge on any atom is 0.336 e. The third kappa shape index (κ3) is 15.9. The molecular formula is C37H35N5O10. The Labute approximate surface area is 297 Å². The molecule has 11 N–H and O–H groups in total. The molecule has 0 bridgehead atoms. The first-order valence-corrected chi connectivity index (χ1v) is 14.9. The van der Waals surface area contributed by atoms with Crippen molar-refractivity contribution in [1.82, 2.24) is 0 Å². The van der Waals surface area contributed by atoms with Gasteiger partial charge in [-0.05, 0) is 85.3 Å². The van der Waals surface area contributed by atoms with Crippen LogP contribution in [0.15, 0.2) is 133 Å². The fourth-order valence-corrected chi connectivity index (χ4v) is 3.59. The summed E-state index contributed by atoms with van der Waals surface area (Å²) in [6.45, 7) is 1.35. The number of ether oxygens (including phenoxy) is 1. The number of hydrogen-bond donors (Lipinski definition) is 8. The highest BCUT2D eigenvalue weighted by atomic mass is 16.5. The number of carboxylic acids is 3. The number of carbonyl (C=O) groups excluding carboxylic acids is 3. The summed E-state index contributed by atoms with van der Waals surface area (Å²) in [4.78, 5) is 66.1. The Morgan fingerprint density at radius 2 is 1.02 bits per heavy atom. The van der Waals surface area contributed by atoms with E-state index in [2.05, 4.69) is 10.6 Å². The highest BCUT2D eigenvalue weighted by Crippen LogP contribution is 2.16. The second-order valence-electron chi connectivity index (χ2n) is 10.2. The first kappa shape index (κ1) is 40.5. The Kier molecular flexibility index (Phi) is 16.1. The van der Waals surface area contributed by atoms with Gasteiger partial charge in [0.25, 0.3) is 0 Å². The van der Waals surface area contributed by atoms with E-state index in [0.717, 1.165) is 18.2 Å². The average molecular weight is 710 g/mol. The van der Waals surface area contributed by atoms with Crippen LogP contribution in [0.5, 0.6) is 5.75 Å². The summed E-state index contributed by atoms with van der Waals surface area (Å²) in [6, 6.07) is 27.8. The molecule has 4 rings (SSSR count). The molecule has 0 spiro atoms. The van der Waals surface area contributed by atoms with Gasteiger partial charge in [-0.25, -0.2) is 19.2 Å². The quantitative estimate of drug-likeness (QED) is 0.0490. The number of nitrogens with one attached hydrogen (secondary N) is 2. The van der Waals surface area contributed by atoms with E-state index >= 15 is 0 Å². The second-order valence-corrected chi connectivity index (χ2v) is 10.2. The Morgan fingerprint density at radius 3 is 1.44 bits per heavy atom. The number of carbonyl (C=O) groups is 6. The van der Waals surface area contributed by atoms with E-state index in [1.807, 2.05) is 0 Å². The van der Waals surface area contributed by atoms with Crippen molar-refractivity contribution >= 4 is 69.7 Å². The number of rotatable bonds is 10. The lowest BCUT2D eigenvalue weighted by atomic mass is 10.1. The SMILES string of the molecule is C/C(=C\C(=O)Nc1ccc(N)cc1)C(=O)O.Nc1ccc(NC(=O)/C=C(/C(=O)O)c2ccccc2)cc1.Nc1ccc(OC(=O)/C=C/C(=O)O)cc1. The highest BCUT2D eigenvalue weighted by molar-refractivity contribution is 6.21. The summed E-state index contributed by atoms with van der Waals surface area (Å²) in [5, 5.41) is 31.1. The van der Waals surface area contributed by atoms with Gasteiger partial charge < -0.3 is 47.9 Å². The van der Waals surface area contributed by atoms with Crippen LogP contribution >= 0.6 is 0 Å². The van der Waals surface area contributed by atoms with E-state index < -0.39 is 35.7 Å². The van der Waals surface area contributed by atoms with E-state index in [4.69, 9.17) is 32.2 Å². The van der Waals surface area contributed by atoms with Gasteiger partial charge in [-0.1, -0.05) is 30.3 Å². The molecule has 0 heterocycles. The van der Waals surface area contributed by atoms with Crippen molar-refractivity contribution in [3.8, 4) is 5.75 Å². The molecule has 0 aliphatic rings. The lowest BCUT2D eigenvalue weighted by Crippen LogP contribution is -2.11. The standard InChI is InChI=1S/C16H14N2O3.C11H12N2O3.C10H9NO4/c17-12-6-8-13(9-7-12)18-15(19)10-14(16(20)21)11-4-2-1-3-5-11;1-7(11(15)16)6-10(14)13-9-4-2-8(12)3-5-9;11-7-1-3-8(4-2-7)15-10(14)6-5-9(12)13/h1-10H,17H2,(H,18,19)(H,20,21);2-6H,12H2,1H3,(H,13,14)(H,15,16);1-6H,11H2,(H,12,13)/b14-10+;7-6+;6-5+. The van der Waals surface area contributed by atoms with Crippen LogP contribution in [0, 0.1) is 0 Å². The van der Waals surface area contributed by atoms with E-state index in [0.29, 0.717) is 45.8 Å². The van der Waals surface area contributed by atoms with Gasteiger partial charge in [0.05, 0.1) is 5.57 Å². The van der Waals surface area contributed by atoms with Crippen LogP contribution < -0.4 is 32.6 Å². The number of nitrogens with two attached hydrogens (primary N) is 3. The number of nitrogen functional groups attached to an aromatic ring is 3. The molecule has 2 amide bonds. The molecule has 0 saturated carbocycles. The maximum atomic E-state index is 11.9. The first-order chi connectivity index (χ1) is 24.6. The van der Waals surface area contributed by atoms with E-state index in [9.17, 15) is 33.9 Å². The first-order valence-electron chi connectivity index (χ1n) is 14.9. The number of amides is 2. The average Bonchev–Trinajstić information content (AvgIpc) is 3.10. The zero-order valence-corrected chi connectivity index (χ0v) is 27.6. The summed E-state index contributed by atoms with van der Waals surface area (Å²) >= 11 is 0. The number of carboxylic acid groups (broad SMARTS) is 3. The monoisotopic (exact) mass is 709 g/mol. The van der Waals surface area contributed by atoms with Crippen molar-refractivity contribution in [2.75, 3.05) is 27.8 Å². The molecule has 0 aromatic heterocycles. The number of esters is 1. The van der Waals surface area contributed by atoms with Crippen molar-refractivity contribution in [2.45, 2.75) is 6.92 Å². The fraction of sp³-hybridized carbons (Fsp3) is 0.0270. The minimum atomic E-state index is -1.20. The molecule has 0 saturated heterocycles. The maximum absolute atomic E-state index is 11.9. The topological polar surface area (TPSA) is 274 Å². The van der Waals surface area contributed by atoms with Crippen LogP contribution in [0.3, 0.4) is 0 Å². The molecule has 268 valence electrons. The van der Waals surface area contributed by atoms with E-state index in [1.54, 1.807) is 91.0 Å². The second kappa shape index (κ2) is 20.6. The van der Waals surface area contributed by atoms with Gasteiger partial charge in [-0.15, -0.1) is 0 Å². The van der Waals surface area contributed by atoms with Crippen molar-refractivity contribution in [1.29, 1.82) is 0 Å². The normalized spacial score (nSPS) is 10.7. The summed E-state index contributed by atoms with van der Waals surface area (Å²) < 4.78 is 4.78. The smallest absolute Gasteiger partial charge is 0.336 e. The summed E-state index contributed by atoms with van der Waals surface area (Å²) in [5.74, 6) is -4.91. The summed E-state index contributed by atoms with van der Waals surface area (Å²) in [7, 11) is 0. The van der Waals surface area contributed by atoms with Crippen LogP contribution in [0.2, 0.25) is 0 Å². The van der Waals surface area contributed by atoms with Gasteiger partial charge in [-0.2, -0.15) is 0 Å². The van der Waals surface area contributed by atoms with E-state index in [1.165, 1.54) is 19.1 Å². The molecule has 0 radical (unpaired) electrons. The Hall–Kier alpha value is -7.68. The van der Waals surface area contributed by atoms with Gasteiger partial charge >= 0.3 is 23.9 Å². The van der Waals surface area contributed by atoms with Crippen LogP contribution in [0.1, 0.15) is 12.5 Å². The predicted octanol–water partition coefficient (Wildman–Crippen LogP) is 4.43. The van der Waals surface area contributed by atoms with Crippen LogP contribution in [0.25, 0.3) is 5.57 Å². The number of anilines is 5. The zero-order valence-electron chi connectivity index (χ0n) is 27.6.